The number of anilines is 1. The lowest BCUT2D eigenvalue weighted by Crippen LogP contribution is -2.26. The van der Waals surface area contributed by atoms with Crippen LogP contribution in [0.4, 0.5) is 5.69 Å². The van der Waals surface area contributed by atoms with Crippen molar-refractivity contribution >= 4 is 11.6 Å². The van der Waals surface area contributed by atoms with Crippen molar-refractivity contribution in [1.82, 2.24) is 0 Å². The number of hydrogen-bond acceptors (Lipinski definition) is 3. The summed E-state index contributed by atoms with van der Waals surface area (Å²) >= 11 is 0. The van der Waals surface area contributed by atoms with Gasteiger partial charge in [-0.05, 0) is 23.8 Å². The van der Waals surface area contributed by atoms with Crippen molar-refractivity contribution in [3.63, 3.8) is 0 Å². The standard InChI is InChI=1S/C17H19N3O2/c1-21-14-7-4-6-13(10-14)20-17(18)19-11-15-9-12-5-2-3-8-16(12)22-15/h2-8,10,15H,9,11H2,1H3,(H3,18,19,20). The summed E-state index contributed by atoms with van der Waals surface area (Å²) in [5.41, 5.74) is 7.99. The van der Waals surface area contributed by atoms with Gasteiger partial charge in [-0.3, -0.25) is 0 Å². The van der Waals surface area contributed by atoms with Crippen LogP contribution in [0.2, 0.25) is 0 Å². The summed E-state index contributed by atoms with van der Waals surface area (Å²) in [4.78, 5) is 4.36. The van der Waals surface area contributed by atoms with Crippen molar-refractivity contribution < 1.29 is 9.47 Å². The summed E-state index contributed by atoms with van der Waals surface area (Å²) in [5, 5.41) is 3.05. The Balaban J connectivity index is 1.57. The van der Waals surface area contributed by atoms with Crippen LogP contribution < -0.4 is 20.5 Å². The molecule has 0 fully saturated rings. The van der Waals surface area contributed by atoms with Gasteiger partial charge in [-0.2, -0.15) is 0 Å². The highest BCUT2D eigenvalue weighted by atomic mass is 16.5. The molecule has 22 heavy (non-hydrogen) atoms. The van der Waals surface area contributed by atoms with Crippen molar-refractivity contribution in [1.29, 1.82) is 0 Å². The van der Waals surface area contributed by atoms with Gasteiger partial charge in [0, 0.05) is 18.2 Å². The monoisotopic (exact) mass is 297 g/mol. The number of guanidine groups is 1. The summed E-state index contributed by atoms with van der Waals surface area (Å²) < 4.78 is 11.0. The molecule has 0 saturated heterocycles. The number of aliphatic imine (C=N–C) groups is 1. The molecule has 0 aromatic heterocycles. The molecule has 0 saturated carbocycles. The maximum Gasteiger partial charge on any atom is 0.193 e. The van der Waals surface area contributed by atoms with Gasteiger partial charge in [0.15, 0.2) is 5.96 Å². The quantitative estimate of drug-likeness (QED) is 0.672. The number of benzene rings is 2. The fourth-order valence-electron chi connectivity index (χ4n) is 2.44. The van der Waals surface area contributed by atoms with Gasteiger partial charge in [-0.1, -0.05) is 24.3 Å². The zero-order valence-electron chi connectivity index (χ0n) is 12.5. The van der Waals surface area contributed by atoms with Crippen LogP contribution in [0.1, 0.15) is 5.56 Å². The maximum absolute atomic E-state index is 5.92. The molecule has 0 radical (unpaired) electrons. The molecule has 5 nitrogen and oxygen atoms in total. The first kappa shape index (κ1) is 14.3. The Morgan fingerprint density at radius 2 is 2.18 bits per heavy atom. The van der Waals surface area contributed by atoms with Crippen molar-refractivity contribution in [3.05, 3.63) is 54.1 Å². The Morgan fingerprint density at radius 1 is 1.32 bits per heavy atom. The average Bonchev–Trinajstić information content (AvgIpc) is 2.96. The van der Waals surface area contributed by atoms with Gasteiger partial charge in [0.1, 0.15) is 17.6 Å². The van der Waals surface area contributed by atoms with E-state index in [4.69, 9.17) is 15.2 Å². The van der Waals surface area contributed by atoms with E-state index in [-0.39, 0.29) is 6.10 Å². The first-order valence-electron chi connectivity index (χ1n) is 7.20. The van der Waals surface area contributed by atoms with Crippen LogP contribution in [0, 0.1) is 0 Å². The third kappa shape index (κ3) is 3.31. The molecule has 2 aromatic carbocycles. The summed E-state index contributed by atoms with van der Waals surface area (Å²) in [7, 11) is 1.63. The van der Waals surface area contributed by atoms with Crippen molar-refractivity contribution in [3.8, 4) is 11.5 Å². The molecule has 114 valence electrons. The van der Waals surface area contributed by atoms with Crippen molar-refractivity contribution in [2.75, 3.05) is 19.0 Å². The highest BCUT2D eigenvalue weighted by Gasteiger charge is 2.21. The minimum absolute atomic E-state index is 0.0445. The number of nitrogens with one attached hydrogen (secondary N) is 1. The molecule has 0 aliphatic carbocycles. The third-order valence-corrected chi connectivity index (χ3v) is 3.52. The highest BCUT2D eigenvalue weighted by Crippen LogP contribution is 2.28. The van der Waals surface area contributed by atoms with Gasteiger partial charge >= 0.3 is 0 Å². The Morgan fingerprint density at radius 3 is 3.00 bits per heavy atom. The lowest BCUT2D eigenvalue weighted by molar-refractivity contribution is 0.242. The largest absolute Gasteiger partial charge is 0.497 e. The Bertz CT molecular complexity index is 660. The van der Waals surface area contributed by atoms with Crippen LogP contribution in [-0.2, 0) is 6.42 Å². The molecular formula is C17H19N3O2. The molecule has 1 heterocycles. The summed E-state index contributed by atoms with van der Waals surface area (Å²) in [5.74, 6) is 2.09. The molecule has 1 aliphatic rings. The van der Waals surface area contributed by atoms with Crippen LogP contribution in [-0.4, -0.2) is 25.7 Å². The fourth-order valence-corrected chi connectivity index (χ4v) is 2.44. The molecule has 1 unspecified atom stereocenters. The van der Waals surface area contributed by atoms with E-state index in [2.05, 4.69) is 16.4 Å². The van der Waals surface area contributed by atoms with Crippen LogP contribution in [0.15, 0.2) is 53.5 Å². The second-order valence-electron chi connectivity index (χ2n) is 5.13. The number of hydrogen-bond donors (Lipinski definition) is 2. The van der Waals surface area contributed by atoms with Gasteiger partial charge in [0.05, 0.1) is 13.7 Å². The molecule has 1 aliphatic heterocycles. The van der Waals surface area contributed by atoms with Crippen molar-refractivity contribution in [2.24, 2.45) is 10.7 Å². The van der Waals surface area contributed by atoms with Crippen LogP contribution in [0.5, 0.6) is 11.5 Å². The van der Waals surface area contributed by atoms with E-state index in [0.29, 0.717) is 12.5 Å². The van der Waals surface area contributed by atoms with Crippen molar-refractivity contribution in [2.45, 2.75) is 12.5 Å². The number of rotatable bonds is 4. The molecule has 0 spiro atoms. The Hall–Kier alpha value is -2.69. The normalized spacial score (nSPS) is 16.8. The summed E-state index contributed by atoms with van der Waals surface area (Å²) in [6.45, 7) is 0.525. The number of para-hydroxylation sites is 1. The Kier molecular flexibility index (Phi) is 4.14. The third-order valence-electron chi connectivity index (χ3n) is 3.52. The van der Waals surface area contributed by atoms with E-state index in [1.807, 2.05) is 42.5 Å². The molecule has 3 N–H and O–H groups in total. The van der Waals surface area contributed by atoms with E-state index in [1.54, 1.807) is 7.11 Å². The predicted molar refractivity (Wildman–Crippen MR) is 87.7 cm³/mol. The number of ether oxygens (including phenoxy) is 2. The zero-order chi connectivity index (χ0) is 15.4. The van der Waals surface area contributed by atoms with Gasteiger partial charge in [0.2, 0.25) is 0 Å². The van der Waals surface area contributed by atoms with E-state index >= 15 is 0 Å². The van der Waals surface area contributed by atoms with Gasteiger partial charge in [0.25, 0.3) is 0 Å². The fraction of sp³-hybridized carbons (Fsp3) is 0.235. The first-order chi connectivity index (χ1) is 10.7. The average molecular weight is 297 g/mol. The van der Waals surface area contributed by atoms with E-state index in [9.17, 15) is 0 Å². The summed E-state index contributed by atoms with van der Waals surface area (Å²) in [6.07, 6.45) is 0.912. The second kappa shape index (κ2) is 6.39. The zero-order valence-corrected chi connectivity index (χ0v) is 12.5. The summed E-state index contributed by atoms with van der Waals surface area (Å²) in [6, 6.07) is 15.6. The highest BCUT2D eigenvalue weighted by molar-refractivity contribution is 5.92. The van der Waals surface area contributed by atoms with Crippen LogP contribution >= 0.6 is 0 Å². The molecule has 1 atom stereocenters. The minimum atomic E-state index is 0.0445. The van der Waals surface area contributed by atoms with Gasteiger partial charge in [-0.15, -0.1) is 0 Å². The number of methoxy groups -OCH3 is 1. The smallest absolute Gasteiger partial charge is 0.193 e. The van der Waals surface area contributed by atoms with Crippen LogP contribution in [0.3, 0.4) is 0 Å². The topological polar surface area (TPSA) is 68.9 Å². The van der Waals surface area contributed by atoms with E-state index < -0.39 is 0 Å². The maximum atomic E-state index is 5.92. The van der Waals surface area contributed by atoms with E-state index in [0.717, 1.165) is 23.6 Å². The molecular weight excluding hydrogens is 278 g/mol. The predicted octanol–water partition coefficient (Wildman–Crippen LogP) is 2.43. The van der Waals surface area contributed by atoms with E-state index in [1.165, 1.54) is 5.56 Å². The Labute approximate surface area is 129 Å². The number of nitrogens with zero attached hydrogens (tertiary/aromatic N) is 1. The van der Waals surface area contributed by atoms with Gasteiger partial charge < -0.3 is 20.5 Å². The molecule has 0 bridgehead atoms. The SMILES string of the molecule is COc1cccc(NC(N)=NCC2Cc3ccccc3O2)c1. The number of nitrogens with two attached hydrogens (primary N) is 1. The minimum Gasteiger partial charge on any atom is -0.497 e. The molecule has 3 rings (SSSR count). The lowest BCUT2D eigenvalue weighted by atomic mass is 10.1. The van der Waals surface area contributed by atoms with Gasteiger partial charge in [-0.25, -0.2) is 4.99 Å². The number of fused-ring (bicyclic) bond motifs is 1. The molecule has 5 heteroatoms. The second-order valence-corrected chi connectivity index (χ2v) is 5.13. The molecule has 2 aromatic rings. The lowest BCUT2D eigenvalue weighted by Gasteiger charge is -2.10. The first-order valence-corrected chi connectivity index (χ1v) is 7.20. The molecule has 0 amide bonds. The van der Waals surface area contributed by atoms with Crippen LogP contribution in [0.25, 0.3) is 0 Å².